The highest BCUT2D eigenvalue weighted by Crippen LogP contribution is 2.22. The Morgan fingerprint density at radius 1 is 1.41 bits per heavy atom. The molecule has 17 heavy (non-hydrogen) atoms. The van der Waals surface area contributed by atoms with Crippen LogP contribution in [-0.4, -0.2) is 36.0 Å². The fourth-order valence-electron chi connectivity index (χ4n) is 2.90. The number of aryl methyl sites for hydroxylation is 1. The van der Waals surface area contributed by atoms with Gasteiger partial charge in [0.2, 0.25) is 0 Å². The molecule has 92 valence electrons. The van der Waals surface area contributed by atoms with Crippen molar-refractivity contribution in [2.75, 3.05) is 13.1 Å². The molecule has 2 fully saturated rings. The number of carbonyl (C=O) groups is 1. The second-order valence-corrected chi connectivity index (χ2v) is 5.07. The van der Waals surface area contributed by atoms with Gasteiger partial charge in [-0.2, -0.15) is 0 Å². The lowest BCUT2D eigenvalue weighted by molar-refractivity contribution is 0.0746. The lowest BCUT2D eigenvalue weighted by Crippen LogP contribution is -2.39. The minimum atomic E-state index is 0.116. The molecule has 1 amide bonds. The predicted octanol–water partition coefficient (Wildman–Crippen LogP) is 1.55. The minimum Gasteiger partial charge on any atom is -0.469 e. The van der Waals surface area contributed by atoms with Crippen LogP contribution in [0.15, 0.2) is 16.7 Å². The molecule has 0 spiro atoms. The molecule has 2 aliphatic heterocycles. The monoisotopic (exact) mass is 234 g/mol. The Morgan fingerprint density at radius 2 is 2.24 bits per heavy atom. The zero-order chi connectivity index (χ0) is 11.8. The number of rotatable bonds is 1. The maximum atomic E-state index is 12.3. The van der Waals surface area contributed by atoms with E-state index < -0.39 is 0 Å². The number of fused-ring (bicyclic) bond motifs is 2. The zero-order valence-corrected chi connectivity index (χ0v) is 10.1. The standard InChI is InChI=1S/C13H18N2O2/c1-9-12(5-7-17-9)13(16)15-6-4-10-2-3-11(8-15)14-10/h5,7,10-11,14H,2-4,6,8H2,1H3/t10-,11+/m1/s1. The molecule has 0 saturated carbocycles. The van der Waals surface area contributed by atoms with Gasteiger partial charge >= 0.3 is 0 Å². The second kappa shape index (κ2) is 4.18. The van der Waals surface area contributed by atoms with Crippen LogP contribution in [0, 0.1) is 6.92 Å². The molecule has 4 nitrogen and oxygen atoms in total. The Hall–Kier alpha value is -1.29. The number of amides is 1. The maximum absolute atomic E-state index is 12.3. The molecule has 0 aliphatic carbocycles. The van der Waals surface area contributed by atoms with Crippen molar-refractivity contribution >= 4 is 5.91 Å². The summed E-state index contributed by atoms with van der Waals surface area (Å²) in [6.45, 7) is 3.53. The van der Waals surface area contributed by atoms with Crippen molar-refractivity contribution in [3.8, 4) is 0 Å². The number of furan rings is 1. The average Bonchev–Trinajstić information content (AvgIpc) is 2.84. The molecule has 4 heteroatoms. The van der Waals surface area contributed by atoms with Gasteiger partial charge in [-0.1, -0.05) is 0 Å². The third-order valence-electron chi connectivity index (χ3n) is 3.90. The van der Waals surface area contributed by atoms with Gasteiger partial charge in [-0.15, -0.1) is 0 Å². The van der Waals surface area contributed by atoms with Crippen LogP contribution in [0.2, 0.25) is 0 Å². The molecule has 2 aliphatic rings. The lowest BCUT2D eigenvalue weighted by Gasteiger charge is -2.24. The summed E-state index contributed by atoms with van der Waals surface area (Å²) in [6.07, 6.45) is 5.11. The van der Waals surface area contributed by atoms with Crippen molar-refractivity contribution in [3.05, 3.63) is 23.7 Å². The van der Waals surface area contributed by atoms with Gasteiger partial charge in [-0.3, -0.25) is 4.79 Å². The molecule has 2 bridgehead atoms. The summed E-state index contributed by atoms with van der Waals surface area (Å²) in [5.41, 5.74) is 0.711. The summed E-state index contributed by atoms with van der Waals surface area (Å²) in [5, 5.41) is 3.58. The van der Waals surface area contributed by atoms with Crippen molar-refractivity contribution in [2.24, 2.45) is 0 Å². The van der Waals surface area contributed by atoms with Crippen LogP contribution in [0.4, 0.5) is 0 Å². The molecule has 0 aromatic carbocycles. The summed E-state index contributed by atoms with van der Waals surface area (Å²) >= 11 is 0. The van der Waals surface area contributed by atoms with Gasteiger partial charge in [0.1, 0.15) is 5.76 Å². The Morgan fingerprint density at radius 3 is 3.00 bits per heavy atom. The number of nitrogens with zero attached hydrogens (tertiary/aromatic N) is 1. The number of carbonyl (C=O) groups excluding carboxylic acids is 1. The second-order valence-electron chi connectivity index (χ2n) is 5.07. The molecule has 3 heterocycles. The highest BCUT2D eigenvalue weighted by atomic mass is 16.3. The number of hydrogen-bond donors (Lipinski definition) is 1. The van der Waals surface area contributed by atoms with Crippen LogP contribution >= 0.6 is 0 Å². The van der Waals surface area contributed by atoms with Gasteiger partial charge in [-0.05, 0) is 32.3 Å². The SMILES string of the molecule is Cc1occc1C(=O)N1CC[C@H]2CC[C@@H](C1)N2. The van der Waals surface area contributed by atoms with Crippen LogP contribution in [0.25, 0.3) is 0 Å². The van der Waals surface area contributed by atoms with Crippen LogP contribution in [0.5, 0.6) is 0 Å². The molecule has 2 atom stereocenters. The summed E-state index contributed by atoms with van der Waals surface area (Å²) in [6, 6.07) is 2.87. The first-order valence-electron chi connectivity index (χ1n) is 6.33. The van der Waals surface area contributed by atoms with Crippen molar-refractivity contribution < 1.29 is 9.21 Å². The van der Waals surface area contributed by atoms with Gasteiger partial charge < -0.3 is 14.6 Å². The van der Waals surface area contributed by atoms with Crippen LogP contribution in [0.3, 0.4) is 0 Å². The molecular formula is C13H18N2O2. The highest BCUT2D eigenvalue weighted by molar-refractivity contribution is 5.95. The van der Waals surface area contributed by atoms with Crippen molar-refractivity contribution in [1.29, 1.82) is 0 Å². The lowest BCUT2D eigenvalue weighted by atomic mass is 10.1. The van der Waals surface area contributed by atoms with Crippen LogP contribution in [0.1, 0.15) is 35.4 Å². The summed E-state index contributed by atoms with van der Waals surface area (Å²) in [7, 11) is 0. The largest absolute Gasteiger partial charge is 0.469 e. The normalized spacial score (nSPS) is 28.2. The van der Waals surface area contributed by atoms with E-state index in [1.165, 1.54) is 12.8 Å². The van der Waals surface area contributed by atoms with E-state index in [0.29, 0.717) is 17.6 Å². The fourth-order valence-corrected chi connectivity index (χ4v) is 2.90. The van der Waals surface area contributed by atoms with Crippen LogP contribution in [-0.2, 0) is 0 Å². The number of hydrogen-bond acceptors (Lipinski definition) is 3. The molecule has 0 unspecified atom stereocenters. The molecular weight excluding hydrogens is 216 g/mol. The van der Waals surface area contributed by atoms with E-state index in [4.69, 9.17) is 4.42 Å². The molecule has 1 aromatic rings. The zero-order valence-electron chi connectivity index (χ0n) is 10.1. The Bertz CT molecular complexity index is 427. The van der Waals surface area contributed by atoms with Gasteiger partial charge in [0.25, 0.3) is 5.91 Å². The molecule has 0 radical (unpaired) electrons. The van der Waals surface area contributed by atoms with Gasteiger partial charge in [0.05, 0.1) is 11.8 Å². The quantitative estimate of drug-likeness (QED) is 0.802. The Balaban J connectivity index is 1.76. The maximum Gasteiger partial charge on any atom is 0.257 e. The van der Waals surface area contributed by atoms with Crippen molar-refractivity contribution in [2.45, 2.75) is 38.3 Å². The van der Waals surface area contributed by atoms with Gasteiger partial charge in [0.15, 0.2) is 0 Å². The minimum absolute atomic E-state index is 0.116. The summed E-state index contributed by atoms with van der Waals surface area (Å²) in [5.74, 6) is 0.836. The van der Waals surface area contributed by atoms with Crippen LogP contribution < -0.4 is 5.32 Å². The average molecular weight is 234 g/mol. The molecule has 1 aromatic heterocycles. The first kappa shape index (κ1) is 10.8. The first-order valence-corrected chi connectivity index (χ1v) is 6.33. The number of likely N-dealkylation sites (tertiary alicyclic amines) is 1. The van der Waals surface area contributed by atoms with E-state index in [2.05, 4.69) is 5.32 Å². The van der Waals surface area contributed by atoms with E-state index in [9.17, 15) is 4.79 Å². The summed E-state index contributed by atoms with van der Waals surface area (Å²) in [4.78, 5) is 14.3. The van der Waals surface area contributed by atoms with E-state index >= 15 is 0 Å². The number of nitrogens with one attached hydrogen (secondary N) is 1. The molecule has 3 rings (SSSR count). The predicted molar refractivity (Wildman–Crippen MR) is 63.9 cm³/mol. The molecule has 1 N–H and O–H groups in total. The highest BCUT2D eigenvalue weighted by Gasteiger charge is 2.32. The fraction of sp³-hybridized carbons (Fsp3) is 0.615. The van der Waals surface area contributed by atoms with Gasteiger partial charge in [0, 0.05) is 25.2 Å². The van der Waals surface area contributed by atoms with Crippen molar-refractivity contribution in [1.82, 2.24) is 10.2 Å². The van der Waals surface area contributed by atoms with E-state index in [0.717, 1.165) is 25.3 Å². The molecule has 2 saturated heterocycles. The van der Waals surface area contributed by atoms with Crippen molar-refractivity contribution in [3.63, 3.8) is 0 Å². The topological polar surface area (TPSA) is 45.5 Å². The van der Waals surface area contributed by atoms with E-state index in [1.54, 1.807) is 12.3 Å². The summed E-state index contributed by atoms with van der Waals surface area (Å²) < 4.78 is 5.21. The Labute approximate surface area is 101 Å². The third-order valence-corrected chi connectivity index (χ3v) is 3.90. The van der Waals surface area contributed by atoms with E-state index in [-0.39, 0.29) is 5.91 Å². The smallest absolute Gasteiger partial charge is 0.257 e. The Kier molecular flexibility index (Phi) is 2.67. The van der Waals surface area contributed by atoms with Gasteiger partial charge in [-0.25, -0.2) is 0 Å². The third kappa shape index (κ3) is 1.97. The first-order chi connectivity index (χ1) is 8.24. The van der Waals surface area contributed by atoms with E-state index in [1.807, 2.05) is 11.8 Å².